The van der Waals surface area contributed by atoms with Crippen LogP contribution in [0.2, 0.25) is 0 Å². The third kappa shape index (κ3) is 2.68. The SMILES string of the molecule is Cc1noc(C)c1S(=O)(=O)N1CCC(C(C)N)CC1. The summed E-state index contributed by atoms with van der Waals surface area (Å²) in [6.45, 7) is 6.28. The monoisotopic (exact) mass is 287 g/mol. The van der Waals surface area contributed by atoms with Crippen LogP contribution in [0.25, 0.3) is 0 Å². The summed E-state index contributed by atoms with van der Waals surface area (Å²) >= 11 is 0. The lowest BCUT2D eigenvalue weighted by molar-refractivity contribution is 0.250. The first-order valence-corrected chi connectivity index (χ1v) is 7.96. The molecule has 1 saturated heterocycles. The second kappa shape index (κ2) is 5.22. The van der Waals surface area contributed by atoms with Crippen LogP contribution < -0.4 is 5.73 Å². The summed E-state index contributed by atoms with van der Waals surface area (Å²) < 4.78 is 31.6. The minimum Gasteiger partial charge on any atom is -0.360 e. The number of hydrogen-bond donors (Lipinski definition) is 1. The summed E-state index contributed by atoms with van der Waals surface area (Å²) in [4.78, 5) is 0.215. The molecule has 19 heavy (non-hydrogen) atoms. The molecule has 1 aliphatic rings. The fourth-order valence-electron chi connectivity index (χ4n) is 2.61. The molecule has 1 fully saturated rings. The highest BCUT2D eigenvalue weighted by atomic mass is 32.2. The van der Waals surface area contributed by atoms with E-state index in [4.69, 9.17) is 10.3 Å². The lowest BCUT2D eigenvalue weighted by Gasteiger charge is -2.32. The first kappa shape index (κ1) is 14.5. The van der Waals surface area contributed by atoms with E-state index in [1.54, 1.807) is 13.8 Å². The molecule has 6 nitrogen and oxygen atoms in total. The number of hydrogen-bond acceptors (Lipinski definition) is 5. The molecular formula is C12H21N3O3S. The van der Waals surface area contributed by atoms with E-state index in [-0.39, 0.29) is 10.9 Å². The number of nitrogens with two attached hydrogens (primary N) is 1. The largest absolute Gasteiger partial charge is 0.360 e. The molecule has 0 aromatic carbocycles. The highest BCUT2D eigenvalue weighted by Gasteiger charge is 2.34. The number of sulfonamides is 1. The fraction of sp³-hybridized carbons (Fsp3) is 0.750. The van der Waals surface area contributed by atoms with Gasteiger partial charge in [0.15, 0.2) is 5.76 Å². The van der Waals surface area contributed by atoms with Gasteiger partial charge in [-0.15, -0.1) is 0 Å². The summed E-state index contributed by atoms with van der Waals surface area (Å²) in [6.07, 6.45) is 1.61. The second-order valence-corrected chi connectivity index (χ2v) is 7.13. The van der Waals surface area contributed by atoms with Crippen LogP contribution in [-0.4, -0.2) is 37.0 Å². The molecule has 0 spiro atoms. The van der Waals surface area contributed by atoms with Crippen LogP contribution in [0.4, 0.5) is 0 Å². The molecule has 2 heterocycles. The Morgan fingerprint density at radius 1 is 1.37 bits per heavy atom. The van der Waals surface area contributed by atoms with Crippen molar-refractivity contribution in [1.82, 2.24) is 9.46 Å². The van der Waals surface area contributed by atoms with Gasteiger partial charge in [0.25, 0.3) is 0 Å². The summed E-state index contributed by atoms with van der Waals surface area (Å²) in [5.74, 6) is 0.753. The number of piperidine rings is 1. The van der Waals surface area contributed by atoms with E-state index in [1.165, 1.54) is 4.31 Å². The van der Waals surface area contributed by atoms with Crippen molar-refractivity contribution < 1.29 is 12.9 Å². The van der Waals surface area contributed by atoms with Gasteiger partial charge in [0.2, 0.25) is 10.0 Å². The minimum absolute atomic E-state index is 0.115. The Labute approximate surface area is 114 Å². The second-order valence-electron chi connectivity index (χ2n) is 5.25. The van der Waals surface area contributed by atoms with Crippen molar-refractivity contribution in [2.45, 2.75) is 44.6 Å². The molecule has 1 unspecified atom stereocenters. The van der Waals surface area contributed by atoms with Crippen molar-refractivity contribution in [3.8, 4) is 0 Å². The third-order valence-electron chi connectivity index (χ3n) is 3.81. The molecule has 2 rings (SSSR count). The van der Waals surface area contributed by atoms with Gasteiger partial charge < -0.3 is 10.3 Å². The Hall–Kier alpha value is -0.920. The summed E-state index contributed by atoms with van der Waals surface area (Å²) in [5, 5.41) is 3.72. The molecule has 108 valence electrons. The molecule has 1 aromatic heterocycles. The first-order chi connectivity index (χ1) is 8.84. The van der Waals surface area contributed by atoms with E-state index >= 15 is 0 Å². The Bertz CT molecular complexity index is 523. The molecule has 0 amide bonds. The Morgan fingerprint density at radius 2 is 1.95 bits per heavy atom. The topological polar surface area (TPSA) is 89.4 Å². The lowest BCUT2D eigenvalue weighted by atomic mass is 9.92. The van der Waals surface area contributed by atoms with Gasteiger partial charge in [0, 0.05) is 19.1 Å². The van der Waals surface area contributed by atoms with E-state index in [9.17, 15) is 8.42 Å². The molecule has 0 saturated carbocycles. The predicted molar refractivity (Wildman–Crippen MR) is 71.1 cm³/mol. The molecule has 2 N–H and O–H groups in total. The summed E-state index contributed by atoms with van der Waals surface area (Å²) in [7, 11) is -3.49. The van der Waals surface area contributed by atoms with Gasteiger partial charge in [-0.2, -0.15) is 4.31 Å². The van der Waals surface area contributed by atoms with Crippen molar-refractivity contribution in [3.05, 3.63) is 11.5 Å². The molecule has 0 aliphatic carbocycles. The molecule has 1 atom stereocenters. The van der Waals surface area contributed by atoms with Crippen molar-refractivity contribution in [2.24, 2.45) is 11.7 Å². The van der Waals surface area contributed by atoms with Gasteiger partial charge in [0.05, 0.1) is 0 Å². The normalized spacial score (nSPS) is 20.6. The molecular weight excluding hydrogens is 266 g/mol. The zero-order chi connectivity index (χ0) is 14.2. The van der Waals surface area contributed by atoms with Crippen LogP contribution in [-0.2, 0) is 10.0 Å². The zero-order valence-corrected chi connectivity index (χ0v) is 12.4. The predicted octanol–water partition coefficient (Wildman–Crippen LogP) is 1.04. The average Bonchev–Trinajstić information content (AvgIpc) is 2.69. The van der Waals surface area contributed by atoms with Crippen LogP contribution in [0.3, 0.4) is 0 Å². The van der Waals surface area contributed by atoms with E-state index in [2.05, 4.69) is 5.16 Å². The minimum atomic E-state index is -3.49. The van der Waals surface area contributed by atoms with Crippen molar-refractivity contribution in [2.75, 3.05) is 13.1 Å². The van der Waals surface area contributed by atoms with E-state index in [1.807, 2.05) is 6.92 Å². The first-order valence-electron chi connectivity index (χ1n) is 6.52. The van der Waals surface area contributed by atoms with E-state index < -0.39 is 10.0 Å². The third-order valence-corrected chi connectivity index (χ3v) is 5.95. The summed E-state index contributed by atoms with van der Waals surface area (Å²) in [5.41, 5.74) is 6.29. The summed E-state index contributed by atoms with van der Waals surface area (Å²) in [6, 6.07) is 0.115. The van der Waals surface area contributed by atoms with Crippen LogP contribution in [0.5, 0.6) is 0 Å². The molecule has 7 heteroatoms. The average molecular weight is 287 g/mol. The number of aromatic nitrogens is 1. The standard InChI is InChI=1S/C12H21N3O3S/c1-8(13)11-4-6-15(7-5-11)19(16,17)12-9(2)14-18-10(12)3/h8,11H,4-7,13H2,1-3H3. The number of rotatable bonds is 3. The van der Waals surface area contributed by atoms with Gasteiger partial charge in [-0.3, -0.25) is 0 Å². The van der Waals surface area contributed by atoms with Crippen molar-refractivity contribution in [3.63, 3.8) is 0 Å². The van der Waals surface area contributed by atoms with Crippen LogP contribution in [0, 0.1) is 19.8 Å². The van der Waals surface area contributed by atoms with Crippen molar-refractivity contribution >= 4 is 10.0 Å². The molecule has 1 aromatic rings. The Balaban J connectivity index is 2.19. The molecule has 1 aliphatic heterocycles. The Kier molecular flexibility index (Phi) is 3.98. The van der Waals surface area contributed by atoms with Gasteiger partial charge in [0.1, 0.15) is 10.6 Å². The lowest BCUT2D eigenvalue weighted by Crippen LogP contribution is -2.42. The van der Waals surface area contributed by atoms with Gasteiger partial charge in [-0.05, 0) is 39.5 Å². The van der Waals surface area contributed by atoms with Crippen LogP contribution in [0.15, 0.2) is 9.42 Å². The van der Waals surface area contributed by atoms with E-state index in [0.29, 0.717) is 30.5 Å². The molecule has 0 bridgehead atoms. The maximum absolute atomic E-state index is 12.6. The molecule has 0 radical (unpaired) electrons. The quantitative estimate of drug-likeness (QED) is 0.897. The maximum Gasteiger partial charge on any atom is 0.248 e. The van der Waals surface area contributed by atoms with Gasteiger partial charge >= 0.3 is 0 Å². The van der Waals surface area contributed by atoms with Crippen molar-refractivity contribution in [1.29, 1.82) is 0 Å². The van der Waals surface area contributed by atoms with Gasteiger partial charge in [-0.25, -0.2) is 8.42 Å². The highest BCUT2D eigenvalue weighted by Crippen LogP contribution is 2.28. The fourth-order valence-corrected chi connectivity index (χ4v) is 4.37. The van der Waals surface area contributed by atoms with E-state index in [0.717, 1.165) is 12.8 Å². The zero-order valence-electron chi connectivity index (χ0n) is 11.6. The smallest absolute Gasteiger partial charge is 0.248 e. The van der Waals surface area contributed by atoms with Crippen LogP contribution >= 0.6 is 0 Å². The highest BCUT2D eigenvalue weighted by molar-refractivity contribution is 7.89. The van der Waals surface area contributed by atoms with Crippen LogP contribution in [0.1, 0.15) is 31.2 Å². The maximum atomic E-state index is 12.6. The number of aryl methyl sites for hydroxylation is 2. The van der Waals surface area contributed by atoms with Gasteiger partial charge in [-0.1, -0.05) is 5.16 Å². The Morgan fingerprint density at radius 3 is 2.37 bits per heavy atom. The number of nitrogens with zero attached hydrogens (tertiary/aromatic N) is 2.